The Balaban J connectivity index is 1.74. The van der Waals surface area contributed by atoms with Crippen molar-refractivity contribution < 1.29 is 18.4 Å². The van der Waals surface area contributed by atoms with Gasteiger partial charge in [-0.2, -0.15) is 0 Å². The summed E-state index contributed by atoms with van der Waals surface area (Å²) in [7, 11) is 0. The van der Waals surface area contributed by atoms with Crippen molar-refractivity contribution in [1.82, 2.24) is 15.7 Å². The van der Waals surface area contributed by atoms with Crippen LogP contribution in [0.5, 0.6) is 5.75 Å². The third-order valence-corrected chi connectivity index (χ3v) is 4.76. The van der Waals surface area contributed by atoms with Crippen LogP contribution in [0, 0.1) is 18.6 Å². The summed E-state index contributed by atoms with van der Waals surface area (Å²) in [5, 5.41) is 2.85. The lowest BCUT2D eigenvalue weighted by molar-refractivity contribution is 0.163. The molecule has 0 saturated carbocycles. The van der Waals surface area contributed by atoms with E-state index >= 15 is 0 Å². The molecule has 0 bridgehead atoms. The maximum Gasteiger partial charge on any atom is 0.318 e. The van der Waals surface area contributed by atoms with E-state index < -0.39 is 17.8 Å². The normalized spacial score (nSPS) is 18.6. The maximum absolute atomic E-state index is 14.4. The van der Waals surface area contributed by atoms with Crippen LogP contribution in [0.4, 0.5) is 13.6 Å². The van der Waals surface area contributed by atoms with Gasteiger partial charge in [-0.1, -0.05) is 12.1 Å². The second kappa shape index (κ2) is 6.57. The standard InChI is InChI=1S/C19H19F2N3O2/c1-11-9-12(16-13(20)5-4-6-14(16)21)17-15(10-11)26-23-18(17)22-19(25)24-7-2-3-8-24/h4-6,9-10,18,23H,2-3,7-8H2,1H3,(H,22,25). The summed E-state index contributed by atoms with van der Waals surface area (Å²) in [4.78, 5) is 19.6. The lowest BCUT2D eigenvalue weighted by Gasteiger charge is -2.21. The van der Waals surface area contributed by atoms with E-state index in [1.165, 1.54) is 18.2 Å². The zero-order valence-electron chi connectivity index (χ0n) is 14.3. The highest BCUT2D eigenvalue weighted by atomic mass is 19.1. The van der Waals surface area contributed by atoms with Gasteiger partial charge in [0.25, 0.3) is 0 Å². The van der Waals surface area contributed by atoms with Gasteiger partial charge in [0.1, 0.15) is 17.8 Å². The number of hydroxylamine groups is 1. The largest absolute Gasteiger partial charge is 0.406 e. The number of likely N-dealkylation sites (tertiary alicyclic amines) is 1. The third-order valence-electron chi connectivity index (χ3n) is 4.76. The van der Waals surface area contributed by atoms with E-state index in [4.69, 9.17) is 4.84 Å². The molecule has 0 aliphatic carbocycles. The number of rotatable bonds is 2. The molecule has 136 valence electrons. The van der Waals surface area contributed by atoms with E-state index in [0.717, 1.165) is 18.4 Å². The van der Waals surface area contributed by atoms with E-state index in [1.807, 2.05) is 6.92 Å². The number of hydrogen-bond acceptors (Lipinski definition) is 3. The van der Waals surface area contributed by atoms with Gasteiger partial charge in [0.15, 0.2) is 5.75 Å². The van der Waals surface area contributed by atoms with Crippen molar-refractivity contribution in [3.05, 3.63) is 53.1 Å². The van der Waals surface area contributed by atoms with E-state index in [-0.39, 0.29) is 11.6 Å². The average molecular weight is 359 g/mol. The molecule has 1 saturated heterocycles. The fourth-order valence-electron chi connectivity index (χ4n) is 3.53. The number of hydrogen-bond donors (Lipinski definition) is 2. The molecular weight excluding hydrogens is 340 g/mol. The number of carbonyl (C=O) groups excluding carboxylic acids is 1. The molecule has 26 heavy (non-hydrogen) atoms. The van der Waals surface area contributed by atoms with Crippen LogP contribution >= 0.6 is 0 Å². The van der Waals surface area contributed by atoms with Crippen LogP contribution in [0.25, 0.3) is 11.1 Å². The molecule has 5 nitrogen and oxygen atoms in total. The summed E-state index contributed by atoms with van der Waals surface area (Å²) in [6, 6.07) is 7.00. The summed E-state index contributed by atoms with van der Waals surface area (Å²) in [5.74, 6) is -0.863. The highest BCUT2D eigenvalue weighted by Crippen LogP contribution is 2.41. The number of nitrogens with zero attached hydrogens (tertiary/aromatic N) is 1. The quantitative estimate of drug-likeness (QED) is 0.861. The molecule has 0 radical (unpaired) electrons. The van der Waals surface area contributed by atoms with Gasteiger partial charge in [-0.25, -0.2) is 13.6 Å². The lowest BCUT2D eigenvalue weighted by atomic mass is 9.94. The lowest BCUT2D eigenvalue weighted by Crippen LogP contribution is -2.43. The zero-order valence-corrected chi connectivity index (χ0v) is 14.3. The Morgan fingerprint density at radius 2 is 1.92 bits per heavy atom. The molecule has 2 heterocycles. The van der Waals surface area contributed by atoms with Crippen molar-refractivity contribution in [3.8, 4) is 16.9 Å². The Labute approximate surface area is 149 Å². The van der Waals surface area contributed by atoms with E-state index in [9.17, 15) is 13.6 Å². The number of amides is 2. The number of halogens is 2. The van der Waals surface area contributed by atoms with Crippen LogP contribution in [0.2, 0.25) is 0 Å². The van der Waals surface area contributed by atoms with Gasteiger partial charge in [-0.3, -0.25) is 0 Å². The summed E-state index contributed by atoms with van der Waals surface area (Å²) in [5.41, 5.74) is 4.31. The molecule has 2 aromatic rings. The molecule has 2 aromatic carbocycles. The van der Waals surface area contributed by atoms with Gasteiger partial charge in [0.05, 0.1) is 5.56 Å². The van der Waals surface area contributed by atoms with Crippen LogP contribution in [0.1, 0.15) is 30.1 Å². The Morgan fingerprint density at radius 1 is 1.23 bits per heavy atom. The fraction of sp³-hybridized carbons (Fsp3) is 0.316. The number of carbonyl (C=O) groups is 1. The highest BCUT2D eigenvalue weighted by molar-refractivity contribution is 5.78. The Bertz CT molecular complexity index is 846. The molecule has 1 fully saturated rings. The Kier molecular flexibility index (Phi) is 4.24. The molecule has 0 aromatic heterocycles. The summed E-state index contributed by atoms with van der Waals surface area (Å²) in [6.45, 7) is 3.23. The van der Waals surface area contributed by atoms with Gasteiger partial charge < -0.3 is 15.1 Å². The molecular formula is C19H19F2N3O2. The van der Waals surface area contributed by atoms with Crippen molar-refractivity contribution >= 4 is 6.03 Å². The molecule has 4 rings (SSSR count). The number of aryl methyl sites for hydroxylation is 1. The summed E-state index contributed by atoms with van der Waals surface area (Å²) in [6.07, 6.45) is 1.26. The molecule has 0 spiro atoms. The fourth-order valence-corrected chi connectivity index (χ4v) is 3.53. The van der Waals surface area contributed by atoms with Crippen molar-refractivity contribution in [1.29, 1.82) is 0 Å². The predicted octanol–water partition coefficient (Wildman–Crippen LogP) is 3.64. The van der Waals surface area contributed by atoms with Crippen LogP contribution < -0.4 is 15.6 Å². The van der Waals surface area contributed by atoms with Crippen LogP contribution in [-0.2, 0) is 0 Å². The minimum atomic E-state index is -0.687. The average Bonchev–Trinajstić information content (AvgIpc) is 3.25. The minimum Gasteiger partial charge on any atom is -0.406 e. The van der Waals surface area contributed by atoms with Crippen molar-refractivity contribution in [3.63, 3.8) is 0 Å². The second-order valence-corrected chi connectivity index (χ2v) is 6.62. The van der Waals surface area contributed by atoms with Gasteiger partial charge in [0, 0.05) is 18.7 Å². The highest BCUT2D eigenvalue weighted by Gasteiger charge is 2.32. The molecule has 2 aliphatic rings. The first-order valence-electron chi connectivity index (χ1n) is 8.61. The number of fused-ring (bicyclic) bond motifs is 1. The van der Waals surface area contributed by atoms with E-state index in [1.54, 1.807) is 17.0 Å². The first-order valence-corrected chi connectivity index (χ1v) is 8.61. The monoisotopic (exact) mass is 359 g/mol. The minimum absolute atomic E-state index is 0.125. The molecule has 2 aliphatic heterocycles. The van der Waals surface area contributed by atoms with Crippen LogP contribution in [-0.4, -0.2) is 24.0 Å². The molecule has 2 N–H and O–H groups in total. The molecule has 2 amide bonds. The van der Waals surface area contributed by atoms with Gasteiger partial charge >= 0.3 is 6.03 Å². The SMILES string of the molecule is Cc1cc2c(c(-c3c(F)cccc3F)c1)C(NC(=O)N1CCCC1)NO2. The van der Waals surface area contributed by atoms with E-state index in [2.05, 4.69) is 10.8 Å². The van der Waals surface area contributed by atoms with Gasteiger partial charge in [-0.15, -0.1) is 5.48 Å². The van der Waals surface area contributed by atoms with E-state index in [0.29, 0.717) is 30.0 Å². The molecule has 1 unspecified atom stereocenters. The van der Waals surface area contributed by atoms with Crippen molar-refractivity contribution in [2.45, 2.75) is 25.9 Å². The van der Waals surface area contributed by atoms with Crippen LogP contribution in [0.3, 0.4) is 0 Å². The maximum atomic E-state index is 14.4. The third kappa shape index (κ3) is 2.88. The van der Waals surface area contributed by atoms with Gasteiger partial charge in [-0.05, 0) is 49.1 Å². The first kappa shape index (κ1) is 16.8. The molecule has 1 atom stereocenters. The van der Waals surface area contributed by atoms with Crippen molar-refractivity contribution in [2.75, 3.05) is 13.1 Å². The molecule has 7 heteroatoms. The second-order valence-electron chi connectivity index (χ2n) is 6.62. The first-order chi connectivity index (χ1) is 12.5. The summed E-state index contributed by atoms with van der Waals surface area (Å²) < 4.78 is 28.7. The van der Waals surface area contributed by atoms with Crippen molar-refractivity contribution in [2.24, 2.45) is 0 Å². The predicted molar refractivity (Wildman–Crippen MR) is 92.4 cm³/mol. The smallest absolute Gasteiger partial charge is 0.318 e. The summed E-state index contributed by atoms with van der Waals surface area (Å²) >= 11 is 0. The number of nitrogens with one attached hydrogen (secondary N) is 2. The number of benzene rings is 2. The van der Waals surface area contributed by atoms with Gasteiger partial charge in [0.2, 0.25) is 0 Å². The Morgan fingerprint density at radius 3 is 2.62 bits per heavy atom. The Hall–Kier alpha value is -2.67. The zero-order chi connectivity index (χ0) is 18.3. The van der Waals surface area contributed by atoms with Crippen LogP contribution in [0.15, 0.2) is 30.3 Å². The number of urea groups is 1. The topological polar surface area (TPSA) is 53.6 Å².